The van der Waals surface area contributed by atoms with Crippen molar-refractivity contribution < 1.29 is 9.53 Å². The van der Waals surface area contributed by atoms with Crippen LogP contribution in [-0.2, 0) is 6.61 Å². The fourth-order valence-corrected chi connectivity index (χ4v) is 2.46. The summed E-state index contributed by atoms with van der Waals surface area (Å²) in [4.78, 5) is 16.6. The summed E-state index contributed by atoms with van der Waals surface area (Å²) in [6, 6.07) is 11.3. The van der Waals surface area contributed by atoms with Crippen LogP contribution in [0.1, 0.15) is 35.5 Å². The third-order valence-corrected chi connectivity index (χ3v) is 3.55. The second kappa shape index (κ2) is 6.74. The van der Waals surface area contributed by atoms with Crippen molar-refractivity contribution in [3.05, 3.63) is 65.6 Å². The first-order valence-electron chi connectivity index (χ1n) is 7.99. The van der Waals surface area contributed by atoms with Gasteiger partial charge in [0, 0.05) is 24.0 Å². The van der Waals surface area contributed by atoms with Crippen molar-refractivity contribution in [2.45, 2.75) is 33.4 Å². The number of hydrogen-bond donors (Lipinski definition) is 1. The molecule has 0 radical (unpaired) electrons. The normalized spacial score (nSPS) is 11.0. The number of nitrogens with zero attached hydrogens (tertiary/aromatic N) is 2. The van der Waals surface area contributed by atoms with Crippen LogP contribution in [0.25, 0.3) is 5.65 Å². The van der Waals surface area contributed by atoms with Crippen LogP contribution in [0, 0.1) is 6.92 Å². The molecule has 0 bridgehead atoms. The Morgan fingerprint density at radius 3 is 2.88 bits per heavy atom. The van der Waals surface area contributed by atoms with E-state index in [1.165, 1.54) is 5.56 Å². The van der Waals surface area contributed by atoms with Crippen molar-refractivity contribution in [1.82, 2.24) is 14.7 Å². The first kappa shape index (κ1) is 16.1. The summed E-state index contributed by atoms with van der Waals surface area (Å²) in [5.74, 6) is 0.554. The molecule has 0 unspecified atom stereocenters. The number of rotatable bonds is 5. The van der Waals surface area contributed by atoms with Gasteiger partial charge in [0.1, 0.15) is 18.0 Å². The van der Waals surface area contributed by atoms with E-state index in [1.54, 1.807) is 12.1 Å². The van der Waals surface area contributed by atoms with Gasteiger partial charge in [-0.15, -0.1) is 0 Å². The maximum atomic E-state index is 12.0. The second-order valence-electron chi connectivity index (χ2n) is 6.15. The van der Waals surface area contributed by atoms with Gasteiger partial charge < -0.3 is 14.5 Å². The number of aromatic nitrogens is 2. The summed E-state index contributed by atoms with van der Waals surface area (Å²) in [6.45, 7) is 6.27. The molecule has 0 saturated heterocycles. The van der Waals surface area contributed by atoms with E-state index in [9.17, 15) is 4.79 Å². The Labute approximate surface area is 141 Å². The van der Waals surface area contributed by atoms with Crippen molar-refractivity contribution in [3.8, 4) is 5.75 Å². The summed E-state index contributed by atoms with van der Waals surface area (Å²) in [7, 11) is 0. The van der Waals surface area contributed by atoms with E-state index in [1.807, 2.05) is 61.8 Å². The minimum Gasteiger partial charge on any atom is -0.487 e. The van der Waals surface area contributed by atoms with Crippen molar-refractivity contribution in [1.29, 1.82) is 0 Å². The lowest BCUT2D eigenvalue weighted by Crippen LogP contribution is -2.30. The molecule has 124 valence electrons. The van der Waals surface area contributed by atoms with Gasteiger partial charge in [-0.2, -0.15) is 0 Å². The van der Waals surface area contributed by atoms with E-state index >= 15 is 0 Å². The fourth-order valence-electron chi connectivity index (χ4n) is 2.46. The lowest BCUT2D eigenvalue weighted by atomic mass is 10.2. The molecule has 5 heteroatoms. The third kappa shape index (κ3) is 3.74. The highest BCUT2D eigenvalue weighted by Gasteiger charge is 2.08. The van der Waals surface area contributed by atoms with Crippen molar-refractivity contribution in [2.24, 2.45) is 0 Å². The highest BCUT2D eigenvalue weighted by atomic mass is 16.5. The van der Waals surface area contributed by atoms with Crippen LogP contribution in [0.4, 0.5) is 0 Å². The van der Waals surface area contributed by atoms with Gasteiger partial charge in [-0.25, -0.2) is 4.98 Å². The zero-order valence-electron chi connectivity index (χ0n) is 14.1. The number of carbonyl (C=O) groups is 1. The van der Waals surface area contributed by atoms with Gasteiger partial charge in [0.2, 0.25) is 0 Å². The lowest BCUT2D eigenvalue weighted by molar-refractivity contribution is 0.0942. The van der Waals surface area contributed by atoms with Crippen molar-refractivity contribution in [3.63, 3.8) is 0 Å². The predicted molar refractivity (Wildman–Crippen MR) is 93.3 cm³/mol. The topological polar surface area (TPSA) is 55.6 Å². The second-order valence-corrected chi connectivity index (χ2v) is 6.15. The van der Waals surface area contributed by atoms with Crippen LogP contribution in [0.3, 0.4) is 0 Å². The third-order valence-electron chi connectivity index (χ3n) is 3.55. The van der Waals surface area contributed by atoms with Crippen molar-refractivity contribution in [2.75, 3.05) is 0 Å². The number of benzene rings is 1. The van der Waals surface area contributed by atoms with E-state index < -0.39 is 0 Å². The largest absolute Gasteiger partial charge is 0.487 e. The Morgan fingerprint density at radius 1 is 1.25 bits per heavy atom. The minimum atomic E-state index is -0.0985. The average Bonchev–Trinajstić information content (AvgIpc) is 2.94. The number of nitrogens with one attached hydrogen (secondary N) is 1. The van der Waals surface area contributed by atoms with E-state index in [2.05, 4.69) is 10.3 Å². The van der Waals surface area contributed by atoms with Crippen LogP contribution in [-0.4, -0.2) is 21.3 Å². The number of imidazole rings is 1. The summed E-state index contributed by atoms with van der Waals surface area (Å²) >= 11 is 0. The highest BCUT2D eigenvalue weighted by Crippen LogP contribution is 2.16. The summed E-state index contributed by atoms with van der Waals surface area (Å²) in [5.41, 5.74) is 3.50. The number of fused-ring (bicyclic) bond motifs is 1. The zero-order chi connectivity index (χ0) is 17.1. The molecule has 1 aromatic carbocycles. The standard InChI is InChI=1S/C19H21N3O2/c1-13(2)20-19(23)15-5-4-6-17(9-15)24-12-16-11-22-10-14(3)7-8-18(22)21-16/h4-11,13H,12H2,1-3H3,(H,20,23). The Balaban J connectivity index is 1.70. The predicted octanol–water partition coefficient (Wildman–Crippen LogP) is 3.36. The molecule has 0 saturated carbocycles. The van der Waals surface area contributed by atoms with Gasteiger partial charge in [-0.1, -0.05) is 12.1 Å². The molecule has 3 rings (SSSR count). The van der Waals surface area contributed by atoms with E-state index in [-0.39, 0.29) is 11.9 Å². The Kier molecular flexibility index (Phi) is 4.51. The maximum Gasteiger partial charge on any atom is 0.251 e. The molecule has 2 heterocycles. The Bertz CT molecular complexity index is 868. The van der Waals surface area contributed by atoms with Gasteiger partial charge in [0.15, 0.2) is 0 Å². The Morgan fingerprint density at radius 2 is 2.08 bits per heavy atom. The lowest BCUT2D eigenvalue weighted by Gasteiger charge is -2.10. The van der Waals surface area contributed by atoms with E-state index in [4.69, 9.17) is 4.74 Å². The number of amides is 1. The van der Waals surface area contributed by atoms with Crippen molar-refractivity contribution >= 4 is 11.6 Å². The molecule has 0 aliphatic heterocycles. The van der Waals surface area contributed by atoms with Crippen LogP contribution in [0.2, 0.25) is 0 Å². The molecular weight excluding hydrogens is 302 g/mol. The summed E-state index contributed by atoms with van der Waals surface area (Å²) in [6.07, 6.45) is 3.99. The SMILES string of the molecule is Cc1ccc2nc(COc3cccc(C(=O)NC(C)C)c3)cn2c1. The zero-order valence-corrected chi connectivity index (χ0v) is 14.1. The number of carbonyl (C=O) groups excluding carboxylic acids is 1. The quantitative estimate of drug-likeness (QED) is 0.783. The van der Waals surface area contributed by atoms with Gasteiger partial charge >= 0.3 is 0 Å². The van der Waals surface area contributed by atoms with Crippen LogP contribution in [0.5, 0.6) is 5.75 Å². The molecule has 5 nitrogen and oxygen atoms in total. The molecule has 0 aliphatic carbocycles. The number of hydrogen-bond acceptors (Lipinski definition) is 3. The van der Waals surface area contributed by atoms with E-state index in [0.717, 1.165) is 11.3 Å². The average molecular weight is 323 g/mol. The molecule has 1 N–H and O–H groups in total. The van der Waals surface area contributed by atoms with Crippen LogP contribution in [0.15, 0.2) is 48.8 Å². The molecule has 0 aliphatic rings. The Hall–Kier alpha value is -2.82. The molecule has 0 fully saturated rings. The summed E-state index contributed by atoms with van der Waals surface area (Å²) in [5, 5.41) is 2.87. The highest BCUT2D eigenvalue weighted by molar-refractivity contribution is 5.94. The fraction of sp³-hybridized carbons (Fsp3) is 0.263. The van der Waals surface area contributed by atoms with E-state index in [0.29, 0.717) is 17.9 Å². The van der Waals surface area contributed by atoms with Crippen LogP contribution >= 0.6 is 0 Å². The monoisotopic (exact) mass is 323 g/mol. The number of pyridine rings is 1. The van der Waals surface area contributed by atoms with Gasteiger partial charge in [-0.3, -0.25) is 4.79 Å². The molecule has 1 amide bonds. The number of ether oxygens (including phenoxy) is 1. The van der Waals surface area contributed by atoms with Gasteiger partial charge in [-0.05, 0) is 50.6 Å². The molecule has 0 atom stereocenters. The maximum absolute atomic E-state index is 12.0. The smallest absolute Gasteiger partial charge is 0.251 e. The molecule has 24 heavy (non-hydrogen) atoms. The first-order valence-corrected chi connectivity index (χ1v) is 7.99. The number of aryl methyl sites for hydroxylation is 1. The van der Waals surface area contributed by atoms with Crippen LogP contribution < -0.4 is 10.1 Å². The summed E-state index contributed by atoms with van der Waals surface area (Å²) < 4.78 is 7.78. The van der Waals surface area contributed by atoms with Gasteiger partial charge in [0.25, 0.3) is 5.91 Å². The molecule has 3 aromatic rings. The first-order chi connectivity index (χ1) is 11.5. The minimum absolute atomic E-state index is 0.0985. The van der Waals surface area contributed by atoms with Gasteiger partial charge in [0.05, 0.1) is 5.69 Å². The molecule has 2 aromatic heterocycles. The molecule has 0 spiro atoms. The molecular formula is C19H21N3O2.